The summed E-state index contributed by atoms with van der Waals surface area (Å²) in [5, 5.41) is 3.50. The number of esters is 1. The van der Waals surface area contributed by atoms with Crippen LogP contribution >= 0.6 is 0 Å². The summed E-state index contributed by atoms with van der Waals surface area (Å²) in [6, 6.07) is 8.83. The minimum absolute atomic E-state index is 0.353. The number of pyridine rings is 1. The predicted molar refractivity (Wildman–Crippen MR) is 80.4 cm³/mol. The molecule has 0 aliphatic heterocycles. The molecule has 0 bridgehead atoms. The van der Waals surface area contributed by atoms with Crippen molar-refractivity contribution in [2.24, 2.45) is 0 Å². The van der Waals surface area contributed by atoms with Gasteiger partial charge in [-0.3, -0.25) is 9.78 Å². The molecule has 0 unspecified atom stereocenters. The Balaban J connectivity index is 2.13. The standard InChI is InChI=1S/C16H16N2O3/c1-11(16(20)21-2)18-15(19)8-7-12-9-10-17-14-6-4-3-5-13(12)14/h3-11H,1-2H3,(H,18,19)/b8-7-/t11-/m0/s1. The van der Waals surface area contributed by atoms with Crippen molar-refractivity contribution in [2.75, 3.05) is 7.11 Å². The Morgan fingerprint density at radius 2 is 2.05 bits per heavy atom. The van der Waals surface area contributed by atoms with Crippen LogP contribution in [0.3, 0.4) is 0 Å². The van der Waals surface area contributed by atoms with Gasteiger partial charge in [-0.05, 0) is 30.7 Å². The maximum Gasteiger partial charge on any atom is 0.328 e. The highest BCUT2D eigenvalue weighted by Gasteiger charge is 2.13. The smallest absolute Gasteiger partial charge is 0.328 e. The lowest BCUT2D eigenvalue weighted by molar-refractivity contribution is -0.144. The van der Waals surface area contributed by atoms with Crippen molar-refractivity contribution in [3.8, 4) is 0 Å². The second-order valence-corrected chi connectivity index (χ2v) is 4.50. The summed E-state index contributed by atoms with van der Waals surface area (Å²) in [7, 11) is 1.28. The number of hydrogen-bond donors (Lipinski definition) is 1. The molecule has 0 saturated carbocycles. The predicted octanol–water partition coefficient (Wildman–Crippen LogP) is 1.93. The van der Waals surface area contributed by atoms with Crippen LogP contribution in [0.15, 0.2) is 42.6 Å². The molecule has 0 spiro atoms. The van der Waals surface area contributed by atoms with Crippen molar-refractivity contribution in [1.29, 1.82) is 0 Å². The van der Waals surface area contributed by atoms with Crippen LogP contribution in [0, 0.1) is 0 Å². The molecule has 1 atom stereocenters. The first kappa shape index (κ1) is 14.7. The van der Waals surface area contributed by atoms with Gasteiger partial charge in [0.05, 0.1) is 12.6 Å². The van der Waals surface area contributed by atoms with E-state index in [1.165, 1.54) is 13.2 Å². The summed E-state index contributed by atoms with van der Waals surface area (Å²) in [4.78, 5) is 27.2. The van der Waals surface area contributed by atoms with Gasteiger partial charge in [-0.1, -0.05) is 18.2 Å². The SMILES string of the molecule is COC(=O)[C@H](C)NC(=O)/C=C\c1ccnc2ccccc12. The molecule has 0 radical (unpaired) electrons. The molecule has 1 aromatic heterocycles. The second-order valence-electron chi connectivity index (χ2n) is 4.50. The first-order chi connectivity index (χ1) is 10.1. The van der Waals surface area contributed by atoms with E-state index in [1.807, 2.05) is 30.3 Å². The van der Waals surface area contributed by atoms with Crippen molar-refractivity contribution in [2.45, 2.75) is 13.0 Å². The van der Waals surface area contributed by atoms with E-state index >= 15 is 0 Å². The number of nitrogens with one attached hydrogen (secondary N) is 1. The molecule has 2 rings (SSSR count). The summed E-state index contributed by atoms with van der Waals surface area (Å²) in [6.07, 6.45) is 4.78. The third-order valence-corrected chi connectivity index (χ3v) is 3.01. The van der Waals surface area contributed by atoms with E-state index in [9.17, 15) is 9.59 Å². The van der Waals surface area contributed by atoms with Crippen LogP contribution in [0.1, 0.15) is 12.5 Å². The number of para-hydroxylation sites is 1. The van der Waals surface area contributed by atoms with E-state index < -0.39 is 12.0 Å². The average Bonchev–Trinajstić information content (AvgIpc) is 2.51. The topological polar surface area (TPSA) is 68.3 Å². The van der Waals surface area contributed by atoms with E-state index in [2.05, 4.69) is 15.0 Å². The monoisotopic (exact) mass is 284 g/mol. The van der Waals surface area contributed by atoms with E-state index in [0.717, 1.165) is 16.5 Å². The fraction of sp³-hybridized carbons (Fsp3) is 0.188. The molecule has 1 amide bonds. The maximum atomic E-state index is 11.8. The Labute approximate surface area is 122 Å². The average molecular weight is 284 g/mol. The van der Waals surface area contributed by atoms with Gasteiger partial charge in [-0.2, -0.15) is 0 Å². The summed E-state index contributed by atoms with van der Waals surface area (Å²) >= 11 is 0. The van der Waals surface area contributed by atoms with Crippen LogP contribution in [-0.2, 0) is 14.3 Å². The molecule has 21 heavy (non-hydrogen) atoms. The third kappa shape index (κ3) is 3.66. The van der Waals surface area contributed by atoms with E-state index in [4.69, 9.17) is 0 Å². The molecule has 0 fully saturated rings. The number of fused-ring (bicyclic) bond motifs is 1. The number of ether oxygens (including phenoxy) is 1. The number of hydrogen-bond acceptors (Lipinski definition) is 4. The molecule has 0 saturated heterocycles. The van der Waals surface area contributed by atoms with E-state index in [0.29, 0.717) is 0 Å². The fourth-order valence-corrected chi connectivity index (χ4v) is 1.93. The summed E-state index contributed by atoms with van der Waals surface area (Å²) in [6.45, 7) is 1.57. The normalized spacial score (nSPS) is 12.3. The highest BCUT2D eigenvalue weighted by atomic mass is 16.5. The summed E-state index contributed by atoms with van der Waals surface area (Å²) in [5.74, 6) is -0.833. The number of carbonyl (C=O) groups is 2. The Kier molecular flexibility index (Phi) is 4.66. The van der Waals surface area contributed by atoms with Gasteiger partial charge in [-0.25, -0.2) is 4.79 Å². The Bertz CT molecular complexity index is 689. The van der Waals surface area contributed by atoms with Crippen molar-refractivity contribution in [3.05, 3.63) is 48.2 Å². The van der Waals surface area contributed by atoms with Crippen molar-refractivity contribution in [1.82, 2.24) is 10.3 Å². The fourth-order valence-electron chi connectivity index (χ4n) is 1.93. The second kappa shape index (κ2) is 6.65. The number of nitrogens with zero attached hydrogens (tertiary/aromatic N) is 1. The molecule has 2 aromatic rings. The molecule has 1 N–H and O–H groups in total. The van der Waals surface area contributed by atoms with Crippen molar-refractivity contribution < 1.29 is 14.3 Å². The molecule has 1 aromatic carbocycles. The number of aromatic nitrogens is 1. The number of carbonyl (C=O) groups excluding carboxylic acids is 2. The van der Waals surface area contributed by atoms with Gasteiger partial charge in [0, 0.05) is 17.7 Å². The van der Waals surface area contributed by atoms with Gasteiger partial charge in [0.15, 0.2) is 0 Å². The van der Waals surface area contributed by atoms with Crippen LogP contribution in [0.5, 0.6) is 0 Å². The first-order valence-electron chi connectivity index (χ1n) is 6.52. The number of amides is 1. The van der Waals surface area contributed by atoms with Crippen LogP contribution in [0.4, 0.5) is 0 Å². The van der Waals surface area contributed by atoms with Gasteiger partial charge >= 0.3 is 5.97 Å². The lowest BCUT2D eigenvalue weighted by Gasteiger charge is -2.09. The molecule has 5 nitrogen and oxygen atoms in total. The van der Waals surface area contributed by atoms with Crippen LogP contribution in [-0.4, -0.2) is 30.0 Å². The molecule has 0 aliphatic carbocycles. The molecule has 0 aliphatic rings. The van der Waals surface area contributed by atoms with Gasteiger partial charge in [-0.15, -0.1) is 0 Å². The van der Waals surface area contributed by atoms with Crippen molar-refractivity contribution in [3.63, 3.8) is 0 Å². The van der Waals surface area contributed by atoms with Gasteiger partial charge in [0.2, 0.25) is 5.91 Å². The highest BCUT2D eigenvalue weighted by Crippen LogP contribution is 2.17. The lowest BCUT2D eigenvalue weighted by Crippen LogP contribution is -2.38. The van der Waals surface area contributed by atoms with Gasteiger partial charge < -0.3 is 10.1 Å². The zero-order valence-electron chi connectivity index (χ0n) is 11.9. The summed E-state index contributed by atoms with van der Waals surface area (Å²) in [5.41, 5.74) is 1.75. The van der Waals surface area contributed by atoms with E-state index in [-0.39, 0.29) is 5.91 Å². The van der Waals surface area contributed by atoms with Crippen LogP contribution in [0.2, 0.25) is 0 Å². The van der Waals surface area contributed by atoms with Gasteiger partial charge in [0.25, 0.3) is 0 Å². The minimum Gasteiger partial charge on any atom is -0.467 e. The van der Waals surface area contributed by atoms with Crippen LogP contribution < -0.4 is 5.32 Å². The van der Waals surface area contributed by atoms with Gasteiger partial charge in [0.1, 0.15) is 6.04 Å². The quantitative estimate of drug-likeness (QED) is 0.688. The molecular weight excluding hydrogens is 268 g/mol. The Hall–Kier alpha value is -2.69. The molecule has 1 heterocycles. The molecule has 5 heteroatoms. The zero-order chi connectivity index (χ0) is 15.2. The summed E-state index contributed by atoms with van der Waals surface area (Å²) < 4.78 is 4.55. The first-order valence-corrected chi connectivity index (χ1v) is 6.52. The Morgan fingerprint density at radius 3 is 2.81 bits per heavy atom. The maximum absolute atomic E-state index is 11.8. The number of rotatable bonds is 4. The number of benzene rings is 1. The van der Waals surface area contributed by atoms with E-state index in [1.54, 1.807) is 19.2 Å². The van der Waals surface area contributed by atoms with Crippen LogP contribution in [0.25, 0.3) is 17.0 Å². The molecule has 108 valence electrons. The third-order valence-electron chi connectivity index (χ3n) is 3.01. The largest absolute Gasteiger partial charge is 0.467 e. The zero-order valence-corrected chi connectivity index (χ0v) is 11.9. The number of methoxy groups -OCH3 is 1. The highest BCUT2D eigenvalue weighted by molar-refractivity contribution is 5.97. The molecular formula is C16H16N2O3. The van der Waals surface area contributed by atoms with Crippen molar-refractivity contribution >= 4 is 28.9 Å². The Morgan fingerprint density at radius 1 is 1.29 bits per heavy atom. The lowest BCUT2D eigenvalue weighted by atomic mass is 10.1. The minimum atomic E-state index is -0.679.